The molecule has 0 radical (unpaired) electrons. The summed E-state index contributed by atoms with van der Waals surface area (Å²) in [5.74, 6) is 0. The third kappa shape index (κ3) is 2.40. The van der Waals surface area contributed by atoms with Crippen LogP contribution in [0.15, 0.2) is 10.8 Å². The largest absolute Gasteiger partial charge is 0.276 e. The zero-order valence-corrected chi connectivity index (χ0v) is 10.9. The Morgan fingerprint density at radius 3 is 2.64 bits per heavy atom. The van der Waals surface area contributed by atoms with Gasteiger partial charge in [0, 0.05) is 9.77 Å². The Labute approximate surface area is 105 Å². The van der Waals surface area contributed by atoms with Gasteiger partial charge in [0.15, 0.2) is 0 Å². The van der Waals surface area contributed by atoms with E-state index in [4.69, 9.17) is 11.6 Å². The maximum Gasteiger partial charge on any atom is 0.267 e. The summed E-state index contributed by atoms with van der Waals surface area (Å²) in [5.41, 5.74) is -0.317. The minimum Gasteiger partial charge on any atom is -0.276 e. The van der Waals surface area contributed by atoms with Crippen molar-refractivity contribution in [3.63, 3.8) is 0 Å². The molecule has 14 heavy (non-hydrogen) atoms. The Morgan fingerprint density at radius 1 is 1.64 bits per heavy atom. The van der Waals surface area contributed by atoms with Crippen molar-refractivity contribution in [3.05, 3.63) is 25.5 Å². The Hall–Kier alpha value is 0.180. The van der Waals surface area contributed by atoms with Gasteiger partial charge in [0.1, 0.15) is 4.60 Å². The van der Waals surface area contributed by atoms with E-state index in [1.807, 2.05) is 0 Å². The van der Waals surface area contributed by atoms with Gasteiger partial charge in [-0.25, -0.2) is 13.8 Å². The van der Waals surface area contributed by atoms with Crippen LogP contribution in [0.4, 0.5) is 8.78 Å². The third-order valence-corrected chi connectivity index (χ3v) is 3.43. The second kappa shape index (κ2) is 4.80. The molecule has 0 spiro atoms. The molecule has 0 saturated heterocycles. The van der Waals surface area contributed by atoms with Crippen molar-refractivity contribution in [2.45, 2.75) is 6.43 Å². The van der Waals surface area contributed by atoms with Gasteiger partial charge in [0.05, 0.1) is 11.1 Å². The molecule has 0 bridgehead atoms. The molecule has 0 aliphatic rings. The number of nitrogens with zero attached hydrogens (tertiary/aromatic N) is 1. The lowest BCUT2D eigenvalue weighted by atomic mass is 10.2. The first-order valence-corrected chi connectivity index (χ1v) is 5.52. The van der Waals surface area contributed by atoms with Crippen LogP contribution in [0, 0.1) is 3.57 Å². The van der Waals surface area contributed by atoms with Crippen molar-refractivity contribution in [1.82, 2.24) is 4.98 Å². The van der Waals surface area contributed by atoms with Gasteiger partial charge in [-0.15, -0.1) is 0 Å². The van der Waals surface area contributed by atoms with Crippen LogP contribution in [0.3, 0.4) is 0 Å². The SMILES string of the molecule is O=C(Cl)c1cnc(Br)c(C(F)F)c1I. The van der Waals surface area contributed by atoms with E-state index in [-0.39, 0.29) is 19.3 Å². The number of rotatable bonds is 2. The summed E-state index contributed by atoms with van der Waals surface area (Å²) in [5, 5.41) is -0.795. The average molecular weight is 396 g/mol. The summed E-state index contributed by atoms with van der Waals surface area (Å²) in [6, 6.07) is 0. The standard InChI is InChI=1S/C7H2BrClF2INO/c8-5-3(7(10)11)4(12)2(1-13-5)6(9)14/h1,7H. The number of carbonyl (C=O) groups excluding carboxylic acids is 1. The molecule has 0 fully saturated rings. The number of halogens is 5. The van der Waals surface area contributed by atoms with Crippen LogP contribution < -0.4 is 0 Å². The Kier molecular flexibility index (Phi) is 4.20. The number of carbonyl (C=O) groups is 1. The molecule has 0 aliphatic carbocycles. The second-order valence-corrected chi connectivity index (χ2v) is 4.44. The van der Waals surface area contributed by atoms with Gasteiger partial charge in [0.25, 0.3) is 11.7 Å². The highest BCUT2D eigenvalue weighted by molar-refractivity contribution is 14.1. The first kappa shape index (κ1) is 12.3. The van der Waals surface area contributed by atoms with Gasteiger partial charge in [0.2, 0.25) is 0 Å². The van der Waals surface area contributed by atoms with Crippen LogP contribution in [0.5, 0.6) is 0 Å². The number of hydrogen-bond donors (Lipinski definition) is 0. The topological polar surface area (TPSA) is 30.0 Å². The van der Waals surface area contributed by atoms with Crippen molar-refractivity contribution in [2.75, 3.05) is 0 Å². The van der Waals surface area contributed by atoms with E-state index in [1.54, 1.807) is 22.6 Å². The molecule has 0 atom stereocenters. The second-order valence-electron chi connectivity index (χ2n) is 2.26. The number of hydrogen-bond acceptors (Lipinski definition) is 2. The fraction of sp³-hybridized carbons (Fsp3) is 0.143. The molecule has 76 valence electrons. The van der Waals surface area contributed by atoms with E-state index in [1.165, 1.54) is 0 Å². The summed E-state index contributed by atoms with van der Waals surface area (Å²) in [6.45, 7) is 0. The number of pyridine rings is 1. The van der Waals surface area contributed by atoms with Gasteiger partial charge in [-0.05, 0) is 50.1 Å². The lowest BCUT2D eigenvalue weighted by molar-refractivity contribution is 0.107. The molecule has 1 heterocycles. The summed E-state index contributed by atoms with van der Waals surface area (Å²) in [4.78, 5) is 14.4. The highest BCUT2D eigenvalue weighted by Crippen LogP contribution is 2.32. The quantitative estimate of drug-likeness (QED) is 0.433. The van der Waals surface area contributed by atoms with E-state index in [2.05, 4.69) is 20.9 Å². The Balaban J connectivity index is 3.41. The fourth-order valence-electron chi connectivity index (χ4n) is 0.806. The summed E-state index contributed by atoms with van der Waals surface area (Å²) < 4.78 is 25.2. The minimum atomic E-state index is -2.69. The van der Waals surface area contributed by atoms with Crippen molar-refractivity contribution in [1.29, 1.82) is 0 Å². The molecular weight excluding hydrogens is 394 g/mol. The predicted molar refractivity (Wildman–Crippen MR) is 59.8 cm³/mol. The number of aromatic nitrogens is 1. The monoisotopic (exact) mass is 395 g/mol. The van der Waals surface area contributed by atoms with Crippen LogP contribution in [0.2, 0.25) is 0 Å². The van der Waals surface area contributed by atoms with Crippen molar-refractivity contribution < 1.29 is 13.6 Å². The van der Waals surface area contributed by atoms with Gasteiger partial charge in [-0.3, -0.25) is 4.79 Å². The molecular formula is C7H2BrClF2INO. The molecule has 1 aromatic heterocycles. The zero-order valence-electron chi connectivity index (χ0n) is 6.40. The first-order valence-electron chi connectivity index (χ1n) is 3.27. The average Bonchev–Trinajstić information content (AvgIpc) is 2.02. The number of alkyl halides is 2. The fourth-order valence-corrected chi connectivity index (χ4v) is 2.83. The Bertz CT molecular complexity index is 388. The Morgan fingerprint density at radius 2 is 2.21 bits per heavy atom. The maximum absolute atomic E-state index is 12.5. The lowest BCUT2D eigenvalue weighted by Crippen LogP contribution is -2.02. The predicted octanol–water partition coefficient (Wildman–Crippen LogP) is 3.77. The normalized spacial score (nSPS) is 10.7. The molecule has 0 N–H and O–H groups in total. The molecule has 0 aromatic carbocycles. The molecule has 1 aromatic rings. The van der Waals surface area contributed by atoms with Gasteiger partial charge < -0.3 is 0 Å². The van der Waals surface area contributed by atoms with Gasteiger partial charge >= 0.3 is 0 Å². The minimum absolute atomic E-state index is 0.00855. The molecule has 1 rings (SSSR count). The van der Waals surface area contributed by atoms with Crippen LogP contribution in [-0.2, 0) is 0 Å². The van der Waals surface area contributed by atoms with Crippen molar-refractivity contribution >= 4 is 55.4 Å². The summed E-state index contributed by atoms with van der Waals surface area (Å²) in [7, 11) is 0. The summed E-state index contributed by atoms with van der Waals surface area (Å²) in [6.07, 6.45) is -1.53. The third-order valence-electron chi connectivity index (χ3n) is 1.43. The zero-order chi connectivity index (χ0) is 10.9. The van der Waals surface area contributed by atoms with Crippen LogP contribution in [0.25, 0.3) is 0 Å². The van der Waals surface area contributed by atoms with Gasteiger partial charge in [-0.1, -0.05) is 0 Å². The molecule has 0 aliphatic heterocycles. The van der Waals surface area contributed by atoms with Gasteiger partial charge in [-0.2, -0.15) is 0 Å². The van der Waals surface area contributed by atoms with Crippen LogP contribution >= 0.6 is 50.1 Å². The molecule has 0 saturated carbocycles. The van der Waals surface area contributed by atoms with E-state index < -0.39 is 11.7 Å². The molecule has 0 unspecified atom stereocenters. The van der Waals surface area contributed by atoms with Crippen molar-refractivity contribution in [2.24, 2.45) is 0 Å². The molecule has 0 amide bonds. The maximum atomic E-state index is 12.5. The van der Waals surface area contributed by atoms with Crippen LogP contribution in [0.1, 0.15) is 22.3 Å². The van der Waals surface area contributed by atoms with E-state index in [0.29, 0.717) is 0 Å². The smallest absolute Gasteiger partial charge is 0.267 e. The highest BCUT2D eigenvalue weighted by Gasteiger charge is 2.21. The lowest BCUT2D eigenvalue weighted by Gasteiger charge is -2.07. The van der Waals surface area contributed by atoms with E-state index in [9.17, 15) is 13.6 Å². The van der Waals surface area contributed by atoms with E-state index in [0.717, 1.165) is 6.20 Å². The van der Waals surface area contributed by atoms with Crippen LogP contribution in [-0.4, -0.2) is 10.2 Å². The first-order chi connectivity index (χ1) is 6.45. The molecule has 2 nitrogen and oxygen atoms in total. The highest BCUT2D eigenvalue weighted by atomic mass is 127. The summed E-state index contributed by atoms with van der Waals surface area (Å²) >= 11 is 9.72. The molecule has 7 heteroatoms. The van der Waals surface area contributed by atoms with E-state index >= 15 is 0 Å². The van der Waals surface area contributed by atoms with Crippen molar-refractivity contribution in [3.8, 4) is 0 Å².